The molecule has 1 fully saturated rings. The highest BCUT2D eigenvalue weighted by atomic mass is 32.2. The third-order valence-electron chi connectivity index (χ3n) is 4.08. The zero-order valence-electron chi connectivity index (χ0n) is 12.5. The van der Waals surface area contributed by atoms with Crippen LogP contribution in [0.2, 0.25) is 0 Å². The maximum Gasteiger partial charge on any atom is 0.308 e. The van der Waals surface area contributed by atoms with Gasteiger partial charge in [-0.2, -0.15) is 12.7 Å². The predicted molar refractivity (Wildman–Crippen MR) is 77.5 cm³/mol. The molecule has 0 aromatic rings. The number of hydrogen-bond donors (Lipinski definition) is 2. The Morgan fingerprint density at radius 1 is 1.30 bits per heavy atom. The van der Waals surface area contributed by atoms with Crippen LogP contribution in [0.4, 0.5) is 0 Å². The van der Waals surface area contributed by atoms with Crippen LogP contribution in [0.1, 0.15) is 46.0 Å². The molecule has 1 aliphatic rings. The molecule has 20 heavy (non-hydrogen) atoms. The third kappa shape index (κ3) is 4.71. The summed E-state index contributed by atoms with van der Waals surface area (Å²) in [5.41, 5.74) is 0. The minimum absolute atomic E-state index is 0.0311. The summed E-state index contributed by atoms with van der Waals surface area (Å²) in [5, 5.41) is 9.08. The van der Waals surface area contributed by atoms with Crippen molar-refractivity contribution in [2.24, 2.45) is 11.8 Å². The largest absolute Gasteiger partial charge is 0.481 e. The SMILES string of the molecule is CC(C)C(CNS(=O)(=O)N(C)C1CCCCC1)C(=O)O. The quantitative estimate of drug-likeness (QED) is 0.745. The van der Waals surface area contributed by atoms with Gasteiger partial charge in [-0.3, -0.25) is 4.79 Å². The molecule has 7 heteroatoms. The molecule has 1 aliphatic carbocycles. The first-order valence-corrected chi connectivity index (χ1v) is 8.65. The Morgan fingerprint density at radius 2 is 1.85 bits per heavy atom. The van der Waals surface area contributed by atoms with E-state index in [2.05, 4.69) is 4.72 Å². The van der Waals surface area contributed by atoms with Gasteiger partial charge in [-0.25, -0.2) is 4.72 Å². The fraction of sp³-hybridized carbons (Fsp3) is 0.923. The molecular weight excluding hydrogens is 280 g/mol. The number of carbonyl (C=O) groups is 1. The highest BCUT2D eigenvalue weighted by molar-refractivity contribution is 7.87. The van der Waals surface area contributed by atoms with E-state index in [1.54, 1.807) is 20.9 Å². The van der Waals surface area contributed by atoms with Crippen LogP contribution >= 0.6 is 0 Å². The van der Waals surface area contributed by atoms with Gasteiger partial charge < -0.3 is 5.11 Å². The molecule has 0 aliphatic heterocycles. The molecule has 0 saturated heterocycles. The van der Waals surface area contributed by atoms with Gasteiger partial charge in [0.05, 0.1) is 5.92 Å². The fourth-order valence-corrected chi connectivity index (χ4v) is 3.74. The Kier molecular flexibility index (Phi) is 6.42. The van der Waals surface area contributed by atoms with Crippen LogP contribution in [0, 0.1) is 11.8 Å². The van der Waals surface area contributed by atoms with Crippen molar-refractivity contribution < 1.29 is 18.3 Å². The summed E-state index contributed by atoms with van der Waals surface area (Å²) in [6.07, 6.45) is 5.02. The summed E-state index contributed by atoms with van der Waals surface area (Å²) in [6.45, 7) is 3.49. The first-order chi connectivity index (χ1) is 9.25. The average Bonchev–Trinajstić information content (AvgIpc) is 2.38. The van der Waals surface area contributed by atoms with E-state index in [-0.39, 0.29) is 18.5 Å². The molecule has 0 heterocycles. The Morgan fingerprint density at radius 3 is 2.30 bits per heavy atom. The fourth-order valence-electron chi connectivity index (χ4n) is 2.55. The lowest BCUT2D eigenvalue weighted by Crippen LogP contribution is -2.47. The average molecular weight is 306 g/mol. The number of nitrogens with zero attached hydrogens (tertiary/aromatic N) is 1. The number of hydrogen-bond acceptors (Lipinski definition) is 3. The molecule has 0 amide bonds. The minimum Gasteiger partial charge on any atom is -0.481 e. The maximum absolute atomic E-state index is 12.2. The van der Waals surface area contributed by atoms with Gasteiger partial charge >= 0.3 is 5.97 Å². The monoisotopic (exact) mass is 306 g/mol. The van der Waals surface area contributed by atoms with Crippen LogP contribution in [0.5, 0.6) is 0 Å². The number of rotatable bonds is 7. The lowest BCUT2D eigenvalue weighted by molar-refractivity contribution is -0.142. The van der Waals surface area contributed by atoms with Gasteiger partial charge in [0.25, 0.3) is 10.2 Å². The van der Waals surface area contributed by atoms with Gasteiger partial charge in [0, 0.05) is 19.6 Å². The Bertz CT molecular complexity index is 416. The van der Waals surface area contributed by atoms with Crippen molar-refractivity contribution in [2.45, 2.75) is 52.0 Å². The first kappa shape index (κ1) is 17.4. The van der Waals surface area contributed by atoms with Crippen molar-refractivity contribution in [3.63, 3.8) is 0 Å². The molecule has 0 aromatic heterocycles. The number of carboxylic acid groups (broad SMARTS) is 1. The van der Waals surface area contributed by atoms with Gasteiger partial charge in [0.2, 0.25) is 0 Å². The third-order valence-corrected chi connectivity index (χ3v) is 5.66. The van der Waals surface area contributed by atoms with Gasteiger partial charge in [0.1, 0.15) is 0 Å². The molecule has 0 bridgehead atoms. The second kappa shape index (κ2) is 7.38. The predicted octanol–water partition coefficient (Wildman–Crippen LogP) is 1.44. The molecule has 0 radical (unpaired) electrons. The summed E-state index contributed by atoms with van der Waals surface area (Å²) in [4.78, 5) is 11.1. The molecule has 118 valence electrons. The van der Waals surface area contributed by atoms with Gasteiger partial charge in [-0.1, -0.05) is 33.1 Å². The Labute approximate surface area is 121 Å². The first-order valence-electron chi connectivity index (χ1n) is 7.21. The van der Waals surface area contributed by atoms with E-state index in [1.165, 1.54) is 4.31 Å². The van der Waals surface area contributed by atoms with Gasteiger partial charge in [0.15, 0.2) is 0 Å². The van der Waals surface area contributed by atoms with Crippen molar-refractivity contribution in [3.05, 3.63) is 0 Å². The number of carboxylic acids is 1. The van der Waals surface area contributed by atoms with Crippen LogP contribution in [-0.2, 0) is 15.0 Å². The van der Waals surface area contributed by atoms with Crippen LogP contribution in [0.15, 0.2) is 0 Å². The Hall–Kier alpha value is -0.660. The second-order valence-electron chi connectivity index (χ2n) is 5.85. The van der Waals surface area contributed by atoms with E-state index >= 15 is 0 Å². The van der Waals surface area contributed by atoms with E-state index in [4.69, 9.17) is 5.11 Å². The molecule has 2 N–H and O–H groups in total. The summed E-state index contributed by atoms with van der Waals surface area (Å²) in [5.74, 6) is -1.79. The second-order valence-corrected chi connectivity index (χ2v) is 7.67. The molecule has 1 saturated carbocycles. The normalized spacial score (nSPS) is 19.4. The lowest BCUT2D eigenvalue weighted by Gasteiger charge is -2.30. The van der Waals surface area contributed by atoms with Crippen molar-refractivity contribution >= 4 is 16.2 Å². The topological polar surface area (TPSA) is 86.7 Å². The zero-order chi connectivity index (χ0) is 15.3. The zero-order valence-corrected chi connectivity index (χ0v) is 13.3. The minimum atomic E-state index is -3.60. The summed E-state index contributed by atoms with van der Waals surface area (Å²) in [7, 11) is -2.03. The van der Waals surface area contributed by atoms with Crippen molar-refractivity contribution in [1.29, 1.82) is 0 Å². The van der Waals surface area contributed by atoms with E-state index in [1.807, 2.05) is 0 Å². The summed E-state index contributed by atoms with van der Waals surface area (Å²) < 4.78 is 28.2. The van der Waals surface area contributed by atoms with Gasteiger partial charge in [-0.15, -0.1) is 0 Å². The van der Waals surface area contributed by atoms with Crippen molar-refractivity contribution in [3.8, 4) is 0 Å². The van der Waals surface area contributed by atoms with Crippen LogP contribution < -0.4 is 4.72 Å². The summed E-state index contributed by atoms with van der Waals surface area (Å²) in [6, 6.07) is 0.0311. The lowest BCUT2D eigenvalue weighted by atomic mass is 9.96. The molecule has 0 spiro atoms. The highest BCUT2D eigenvalue weighted by Crippen LogP contribution is 2.23. The molecular formula is C13H26N2O4S. The Balaban J connectivity index is 2.61. The molecule has 0 aromatic carbocycles. The number of nitrogens with one attached hydrogen (secondary N) is 1. The van der Waals surface area contributed by atoms with E-state index in [0.29, 0.717) is 0 Å². The van der Waals surface area contributed by atoms with Crippen LogP contribution in [0.25, 0.3) is 0 Å². The highest BCUT2D eigenvalue weighted by Gasteiger charge is 2.29. The van der Waals surface area contributed by atoms with Crippen molar-refractivity contribution in [1.82, 2.24) is 9.03 Å². The smallest absolute Gasteiger partial charge is 0.308 e. The summed E-state index contributed by atoms with van der Waals surface area (Å²) >= 11 is 0. The number of aliphatic carboxylic acids is 1. The molecule has 1 rings (SSSR count). The molecule has 1 unspecified atom stereocenters. The standard InChI is InChI=1S/C13H26N2O4S/c1-10(2)12(13(16)17)9-14-20(18,19)15(3)11-7-5-4-6-8-11/h10-12,14H,4-9H2,1-3H3,(H,16,17). The van der Waals surface area contributed by atoms with Gasteiger partial charge in [-0.05, 0) is 18.8 Å². The molecule has 1 atom stereocenters. The van der Waals surface area contributed by atoms with E-state index in [0.717, 1.165) is 32.1 Å². The van der Waals surface area contributed by atoms with Crippen molar-refractivity contribution in [2.75, 3.05) is 13.6 Å². The van der Waals surface area contributed by atoms with E-state index in [9.17, 15) is 13.2 Å². The van der Waals surface area contributed by atoms with E-state index < -0.39 is 22.1 Å². The maximum atomic E-state index is 12.2. The molecule has 6 nitrogen and oxygen atoms in total. The van der Waals surface area contributed by atoms with Crippen LogP contribution in [-0.4, -0.2) is 43.4 Å². The van der Waals surface area contributed by atoms with Crippen LogP contribution in [0.3, 0.4) is 0 Å².